The van der Waals surface area contributed by atoms with Crippen LogP contribution in [-0.4, -0.2) is 56.7 Å². The van der Waals surface area contributed by atoms with Crippen LogP contribution in [0.1, 0.15) is 17.1 Å². The van der Waals surface area contributed by atoms with Crippen molar-refractivity contribution in [3.05, 3.63) is 34.5 Å². The largest absolute Gasteiger partial charge is 0.340 e. The maximum atomic E-state index is 12.3. The van der Waals surface area contributed by atoms with Gasteiger partial charge in [0.25, 0.3) is 0 Å². The van der Waals surface area contributed by atoms with Crippen molar-refractivity contribution >= 4 is 17.2 Å². The van der Waals surface area contributed by atoms with Crippen molar-refractivity contribution in [1.82, 2.24) is 24.6 Å². The summed E-state index contributed by atoms with van der Waals surface area (Å²) in [5.74, 6) is 0.148. The number of carbonyl (C=O) groups excluding carboxylic acids is 1. The van der Waals surface area contributed by atoms with E-state index in [0.29, 0.717) is 6.54 Å². The Hall–Kier alpha value is -1.73. The smallest absolute Gasteiger partial charge is 0.244 e. The molecule has 0 bridgehead atoms. The van der Waals surface area contributed by atoms with Gasteiger partial charge in [0.05, 0.1) is 10.7 Å². The lowest BCUT2D eigenvalue weighted by molar-refractivity contribution is -0.131. The minimum Gasteiger partial charge on any atom is -0.340 e. The topological polar surface area (TPSA) is 54.3 Å². The molecule has 0 radical (unpaired) electrons. The second kappa shape index (κ2) is 7.02. The molecule has 0 atom stereocenters. The molecular weight excluding hydrogens is 298 g/mol. The number of hydrogen-bond donors (Lipinski definition) is 0. The van der Waals surface area contributed by atoms with Crippen LogP contribution in [0.15, 0.2) is 23.8 Å². The number of aromatic nitrogens is 3. The third kappa shape index (κ3) is 3.92. The monoisotopic (exact) mass is 319 g/mol. The molecular formula is C15H21N5OS. The summed E-state index contributed by atoms with van der Waals surface area (Å²) in [6.45, 7) is 6.77. The van der Waals surface area contributed by atoms with Crippen LogP contribution in [0.3, 0.4) is 0 Å². The molecule has 3 heterocycles. The first kappa shape index (κ1) is 15.2. The average Bonchev–Trinajstić information content (AvgIpc) is 3.07. The highest BCUT2D eigenvalue weighted by molar-refractivity contribution is 7.09. The van der Waals surface area contributed by atoms with Gasteiger partial charge in [0.15, 0.2) is 0 Å². The summed E-state index contributed by atoms with van der Waals surface area (Å²) in [5.41, 5.74) is 1.14. The molecule has 0 aliphatic carbocycles. The van der Waals surface area contributed by atoms with Gasteiger partial charge in [0, 0.05) is 50.5 Å². The van der Waals surface area contributed by atoms with E-state index < -0.39 is 0 Å². The van der Waals surface area contributed by atoms with Gasteiger partial charge in [-0.05, 0) is 19.4 Å². The molecule has 0 saturated carbocycles. The van der Waals surface area contributed by atoms with Crippen LogP contribution < -0.4 is 0 Å². The summed E-state index contributed by atoms with van der Waals surface area (Å²) in [6.07, 6.45) is 4.54. The summed E-state index contributed by atoms with van der Waals surface area (Å²) in [4.78, 5) is 21.2. The third-order valence-corrected chi connectivity index (χ3v) is 4.67. The fourth-order valence-corrected chi connectivity index (χ4v) is 3.32. The first-order chi connectivity index (χ1) is 10.7. The summed E-state index contributed by atoms with van der Waals surface area (Å²) in [5, 5.41) is 7.34. The first-order valence-corrected chi connectivity index (χ1v) is 8.47. The molecule has 0 aromatic carbocycles. The fourth-order valence-electron chi connectivity index (χ4n) is 2.72. The maximum Gasteiger partial charge on any atom is 0.244 e. The molecule has 3 rings (SSSR count). The molecule has 0 spiro atoms. The average molecular weight is 319 g/mol. The minimum absolute atomic E-state index is 0.148. The number of nitrogens with zero attached hydrogens (tertiary/aromatic N) is 5. The van der Waals surface area contributed by atoms with E-state index in [9.17, 15) is 4.79 Å². The van der Waals surface area contributed by atoms with Crippen LogP contribution in [0.25, 0.3) is 0 Å². The van der Waals surface area contributed by atoms with Crippen LogP contribution >= 0.6 is 11.3 Å². The number of rotatable bonds is 4. The minimum atomic E-state index is 0.148. The summed E-state index contributed by atoms with van der Waals surface area (Å²) in [6, 6.07) is 1.84. The highest BCUT2D eigenvalue weighted by Gasteiger charge is 2.19. The van der Waals surface area contributed by atoms with Crippen molar-refractivity contribution < 1.29 is 4.79 Å². The Morgan fingerprint density at radius 3 is 2.95 bits per heavy atom. The van der Waals surface area contributed by atoms with Gasteiger partial charge in [-0.15, -0.1) is 11.3 Å². The molecule has 0 unspecified atom stereocenters. The van der Waals surface area contributed by atoms with Crippen LogP contribution in [0.5, 0.6) is 0 Å². The Balaban J connectivity index is 1.52. The van der Waals surface area contributed by atoms with Crippen molar-refractivity contribution in [3.8, 4) is 0 Å². The zero-order valence-corrected chi connectivity index (χ0v) is 13.6. The molecule has 1 saturated heterocycles. The molecule has 118 valence electrons. The standard InChI is InChI=1S/C15H21N5OS/c1-13-17-14(12-22-13)10-18-5-3-6-19(9-8-18)15(21)11-20-7-2-4-16-20/h2,4,7,12H,3,5-6,8-11H2,1H3. The fraction of sp³-hybridized carbons (Fsp3) is 0.533. The van der Waals surface area contributed by atoms with E-state index in [1.807, 2.05) is 24.1 Å². The third-order valence-electron chi connectivity index (χ3n) is 3.85. The van der Waals surface area contributed by atoms with Gasteiger partial charge in [0.1, 0.15) is 6.54 Å². The number of carbonyl (C=O) groups is 1. The molecule has 0 N–H and O–H groups in total. The maximum absolute atomic E-state index is 12.3. The normalized spacial score (nSPS) is 16.7. The highest BCUT2D eigenvalue weighted by atomic mass is 32.1. The Morgan fingerprint density at radius 2 is 2.23 bits per heavy atom. The van der Waals surface area contributed by atoms with E-state index in [0.717, 1.165) is 49.8 Å². The van der Waals surface area contributed by atoms with E-state index in [4.69, 9.17) is 0 Å². The van der Waals surface area contributed by atoms with E-state index in [1.165, 1.54) is 0 Å². The predicted molar refractivity (Wildman–Crippen MR) is 85.6 cm³/mol. The molecule has 7 heteroatoms. The molecule has 2 aromatic rings. The molecule has 2 aromatic heterocycles. The number of thiazole rings is 1. The van der Waals surface area contributed by atoms with E-state index in [1.54, 1.807) is 22.2 Å². The first-order valence-electron chi connectivity index (χ1n) is 7.59. The Labute approximate surface area is 134 Å². The molecule has 1 fully saturated rings. The van der Waals surface area contributed by atoms with Crippen molar-refractivity contribution in [2.24, 2.45) is 0 Å². The van der Waals surface area contributed by atoms with Gasteiger partial charge in [-0.3, -0.25) is 14.4 Å². The molecule has 22 heavy (non-hydrogen) atoms. The molecule has 1 amide bonds. The van der Waals surface area contributed by atoms with Gasteiger partial charge in [-0.1, -0.05) is 0 Å². The van der Waals surface area contributed by atoms with Crippen molar-refractivity contribution in [3.63, 3.8) is 0 Å². The van der Waals surface area contributed by atoms with Crippen LogP contribution in [0, 0.1) is 6.92 Å². The lowest BCUT2D eigenvalue weighted by atomic mass is 10.3. The lowest BCUT2D eigenvalue weighted by Gasteiger charge is -2.21. The SMILES string of the molecule is Cc1nc(CN2CCCN(C(=O)Cn3cccn3)CC2)cs1. The molecule has 1 aliphatic rings. The highest BCUT2D eigenvalue weighted by Crippen LogP contribution is 2.12. The lowest BCUT2D eigenvalue weighted by Crippen LogP contribution is -2.37. The number of aryl methyl sites for hydroxylation is 1. The second-order valence-electron chi connectivity index (χ2n) is 5.57. The summed E-state index contributed by atoms with van der Waals surface area (Å²) < 4.78 is 1.68. The quantitative estimate of drug-likeness (QED) is 0.854. The van der Waals surface area contributed by atoms with E-state index in [2.05, 4.69) is 20.4 Å². The van der Waals surface area contributed by atoms with Gasteiger partial charge in [0.2, 0.25) is 5.91 Å². The molecule has 6 nitrogen and oxygen atoms in total. The van der Waals surface area contributed by atoms with Gasteiger partial charge in [-0.2, -0.15) is 5.10 Å². The van der Waals surface area contributed by atoms with Crippen molar-refractivity contribution in [1.29, 1.82) is 0 Å². The van der Waals surface area contributed by atoms with Gasteiger partial charge < -0.3 is 4.90 Å². The number of amides is 1. The zero-order valence-electron chi connectivity index (χ0n) is 12.8. The van der Waals surface area contributed by atoms with Gasteiger partial charge in [-0.25, -0.2) is 4.98 Å². The van der Waals surface area contributed by atoms with Crippen LogP contribution in [0.2, 0.25) is 0 Å². The zero-order chi connectivity index (χ0) is 15.4. The Bertz CT molecular complexity index is 609. The van der Waals surface area contributed by atoms with Gasteiger partial charge >= 0.3 is 0 Å². The van der Waals surface area contributed by atoms with Crippen molar-refractivity contribution in [2.45, 2.75) is 26.4 Å². The van der Waals surface area contributed by atoms with Crippen LogP contribution in [-0.2, 0) is 17.9 Å². The van der Waals surface area contributed by atoms with Crippen LogP contribution in [0.4, 0.5) is 0 Å². The summed E-state index contributed by atoms with van der Waals surface area (Å²) in [7, 11) is 0. The second-order valence-corrected chi connectivity index (χ2v) is 6.63. The Morgan fingerprint density at radius 1 is 1.32 bits per heavy atom. The number of hydrogen-bond acceptors (Lipinski definition) is 5. The predicted octanol–water partition coefficient (Wildman–Crippen LogP) is 1.38. The van der Waals surface area contributed by atoms with E-state index >= 15 is 0 Å². The van der Waals surface area contributed by atoms with E-state index in [-0.39, 0.29) is 5.91 Å². The summed E-state index contributed by atoms with van der Waals surface area (Å²) >= 11 is 1.69. The van der Waals surface area contributed by atoms with Crippen molar-refractivity contribution in [2.75, 3.05) is 26.2 Å². The molecule has 1 aliphatic heterocycles. The Kier molecular flexibility index (Phi) is 4.84.